The zero-order chi connectivity index (χ0) is 18.5. The van der Waals surface area contributed by atoms with E-state index >= 15 is 0 Å². The van der Waals surface area contributed by atoms with Crippen LogP contribution in [0.15, 0.2) is 29.0 Å². The Balaban J connectivity index is 1.60. The van der Waals surface area contributed by atoms with E-state index < -0.39 is 0 Å². The highest BCUT2D eigenvalue weighted by atomic mass is 16.5. The van der Waals surface area contributed by atoms with Crippen molar-refractivity contribution in [3.05, 3.63) is 30.4 Å². The van der Waals surface area contributed by atoms with Gasteiger partial charge in [0.1, 0.15) is 0 Å². The first-order valence-corrected chi connectivity index (χ1v) is 9.16. The van der Waals surface area contributed by atoms with Crippen molar-refractivity contribution in [2.45, 2.75) is 26.8 Å². The maximum atomic E-state index is 12.5. The first-order chi connectivity index (χ1) is 12.6. The molecule has 0 bridgehead atoms. The Kier molecular flexibility index (Phi) is 5.82. The molecule has 1 aliphatic heterocycles. The van der Waals surface area contributed by atoms with Crippen LogP contribution in [0.2, 0.25) is 0 Å². The average Bonchev–Trinajstić information content (AvgIpc) is 3.19. The number of urea groups is 1. The molecule has 0 aromatic carbocycles. The van der Waals surface area contributed by atoms with Gasteiger partial charge in [-0.2, -0.15) is 4.98 Å². The molecule has 1 saturated heterocycles. The maximum absolute atomic E-state index is 12.5. The van der Waals surface area contributed by atoms with Gasteiger partial charge in [0, 0.05) is 57.2 Å². The molecule has 1 fully saturated rings. The quantitative estimate of drug-likeness (QED) is 0.816. The second-order valence-electron chi connectivity index (χ2n) is 6.35. The molecule has 0 N–H and O–H groups in total. The van der Waals surface area contributed by atoms with Crippen molar-refractivity contribution in [1.82, 2.24) is 29.8 Å². The van der Waals surface area contributed by atoms with E-state index in [9.17, 15) is 4.79 Å². The van der Waals surface area contributed by atoms with Crippen LogP contribution in [0.3, 0.4) is 0 Å². The molecule has 140 valence electrons. The number of hydrogen-bond acceptors (Lipinski definition) is 6. The minimum Gasteiger partial charge on any atom is -0.337 e. The summed E-state index contributed by atoms with van der Waals surface area (Å²) in [7, 11) is 0. The van der Waals surface area contributed by atoms with Crippen molar-refractivity contribution in [2.75, 3.05) is 39.3 Å². The monoisotopic (exact) mass is 358 g/mol. The molecule has 26 heavy (non-hydrogen) atoms. The summed E-state index contributed by atoms with van der Waals surface area (Å²) in [5.41, 5.74) is 0.886. The fourth-order valence-corrected chi connectivity index (χ4v) is 3.17. The van der Waals surface area contributed by atoms with Crippen molar-refractivity contribution in [1.29, 1.82) is 0 Å². The van der Waals surface area contributed by atoms with Crippen molar-refractivity contribution in [2.24, 2.45) is 0 Å². The number of carbonyl (C=O) groups excluding carboxylic acids is 1. The van der Waals surface area contributed by atoms with Crippen LogP contribution in [-0.2, 0) is 0 Å². The fourth-order valence-electron chi connectivity index (χ4n) is 3.17. The zero-order valence-corrected chi connectivity index (χ0v) is 15.6. The molecule has 1 unspecified atom stereocenters. The van der Waals surface area contributed by atoms with Gasteiger partial charge in [0.15, 0.2) is 0 Å². The third kappa shape index (κ3) is 3.85. The van der Waals surface area contributed by atoms with Gasteiger partial charge in [-0.1, -0.05) is 5.16 Å². The molecule has 0 aliphatic carbocycles. The Bertz CT molecular complexity index is 707. The molecule has 0 radical (unpaired) electrons. The van der Waals surface area contributed by atoms with Gasteiger partial charge >= 0.3 is 6.03 Å². The molecule has 3 heterocycles. The van der Waals surface area contributed by atoms with Crippen LogP contribution in [0, 0.1) is 0 Å². The molecule has 2 aromatic rings. The Hall–Kier alpha value is -2.48. The van der Waals surface area contributed by atoms with Gasteiger partial charge < -0.3 is 14.3 Å². The van der Waals surface area contributed by atoms with E-state index in [0.29, 0.717) is 24.8 Å². The first-order valence-electron chi connectivity index (χ1n) is 9.16. The van der Waals surface area contributed by atoms with Gasteiger partial charge in [-0.05, 0) is 32.9 Å². The van der Waals surface area contributed by atoms with Crippen LogP contribution >= 0.6 is 0 Å². The summed E-state index contributed by atoms with van der Waals surface area (Å²) >= 11 is 0. The van der Waals surface area contributed by atoms with Crippen LogP contribution in [0.1, 0.15) is 32.7 Å². The standard InChI is InChI=1S/C18H26N6O2/c1-4-22(5-2)18(25)24-12-10-23(11-13-24)14(3)17-20-16(21-26-17)15-6-8-19-9-7-15/h6-9,14H,4-5,10-13H2,1-3H3. The minimum atomic E-state index is 0.0174. The molecule has 2 amide bonds. The number of aromatic nitrogens is 3. The third-order valence-corrected chi connectivity index (χ3v) is 4.90. The van der Waals surface area contributed by atoms with Crippen LogP contribution in [0.5, 0.6) is 0 Å². The molecule has 8 nitrogen and oxygen atoms in total. The normalized spacial score (nSPS) is 16.5. The lowest BCUT2D eigenvalue weighted by molar-refractivity contribution is 0.0866. The molecular formula is C18H26N6O2. The summed E-state index contributed by atoms with van der Waals surface area (Å²) in [4.78, 5) is 27.0. The number of amides is 2. The maximum Gasteiger partial charge on any atom is 0.320 e. The van der Waals surface area contributed by atoms with Gasteiger partial charge in [-0.25, -0.2) is 4.79 Å². The van der Waals surface area contributed by atoms with Crippen LogP contribution in [-0.4, -0.2) is 75.1 Å². The molecular weight excluding hydrogens is 332 g/mol. The van der Waals surface area contributed by atoms with Crippen molar-refractivity contribution in [3.8, 4) is 11.4 Å². The Labute approximate surface area is 153 Å². The van der Waals surface area contributed by atoms with E-state index in [0.717, 1.165) is 31.7 Å². The number of pyridine rings is 1. The van der Waals surface area contributed by atoms with Crippen molar-refractivity contribution in [3.63, 3.8) is 0 Å². The summed E-state index contributed by atoms with van der Waals surface area (Å²) in [6.07, 6.45) is 3.42. The third-order valence-electron chi connectivity index (χ3n) is 4.90. The number of piperazine rings is 1. The van der Waals surface area contributed by atoms with Gasteiger partial charge in [0.2, 0.25) is 11.7 Å². The molecule has 2 aromatic heterocycles. The number of carbonyl (C=O) groups is 1. The number of hydrogen-bond donors (Lipinski definition) is 0. The van der Waals surface area contributed by atoms with Gasteiger partial charge in [-0.15, -0.1) is 0 Å². The zero-order valence-electron chi connectivity index (χ0n) is 15.6. The Morgan fingerprint density at radius 1 is 1.19 bits per heavy atom. The van der Waals surface area contributed by atoms with Crippen molar-refractivity contribution < 1.29 is 9.32 Å². The molecule has 3 rings (SSSR count). The highest BCUT2D eigenvalue weighted by molar-refractivity contribution is 5.74. The van der Waals surface area contributed by atoms with E-state index in [1.807, 2.05) is 35.8 Å². The van der Waals surface area contributed by atoms with E-state index in [-0.39, 0.29) is 12.1 Å². The summed E-state index contributed by atoms with van der Waals surface area (Å²) in [5, 5.41) is 4.08. The lowest BCUT2D eigenvalue weighted by Gasteiger charge is -2.38. The van der Waals surface area contributed by atoms with E-state index in [2.05, 4.69) is 26.9 Å². The van der Waals surface area contributed by atoms with Crippen LogP contribution in [0.4, 0.5) is 4.79 Å². The largest absolute Gasteiger partial charge is 0.337 e. The molecule has 1 aliphatic rings. The first kappa shape index (κ1) is 18.3. The smallest absolute Gasteiger partial charge is 0.320 e. The second kappa shape index (κ2) is 8.27. The summed E-state index contributed by atoms with van der Waals surface area (Å²) in [6, 6.07) is 3.86. The predicted molar refractivity (Wildman–Crippen MR) is 97.4 cm³/mol. The van der Waals surface area contributed by atoms with Crippen LogP contribution in [0.25, 0.3) is 11.4 Å². The SMILES string of the molecule is CCN(CC)C(=O)N1CCN(C(C)c2nc(-c3ccncc3)no2)CC1. The lowest BCUT2D eigenvalue weighted by Crippen LogP contribution is -2.53. The second-order valence-corrected chi connectivity index (χ2v) is 6.35. The summed E-state index contributed by atoms with van der Waals surface area (Å²) < 4.78 is 5.47. The summed E-state index contributed by atoms with van der Waals surface area (Å²) in [5.74, 6) is 1.17. The van der Waals surface area contributed by atoms with E-state index in [4.69, 9.17) is 4.52 Å². The van der Waals surface area contributed by atoms with E-state index in [1.165, 1.54) is 0 Å². The van der Waals surface area contributed by atoms with E-state index in [1.54, 1.807) is 12.4 Å². The average molecular weight is 358 g/mol. The Morgan fingerprint density at radius 2 is 1.85 bits per heavy atom. The number of nitrogens with zero attached hydrogens (tertiary/aromatic N) is 6. The topological polar surface area (TPSA) is 78.6 Å². The molecule has 0 spiro atoms. The highest BCUT2D eigenvalue weighted by Crippen LogP contribution is 2.23. The van der Waals surface area contributed by atoms with Crippen molar-refractivity contribution >= 4 is 6.03 Å². The highest BCUT2D eigenvalue weighted by Gasteiger charge is 2.29. The van der Waals surface area contributed by atoms with Gasteiger partial charge in [0.05, 0.1) is 6.04 Å². The minimum absolute atomic E-state index is 0.0174. The van der Waals surface area contributed by atoms with Gasteiger partial charge in [0.25, 0.3) is 0 Å². The molecule has 0 saturated carbocycles. The predicted octanol–water partition coefficient (Wildman–Crippen LogP) is 2.27. The molecule has 1 atom stereocenters. The lowest BCUT2D eigenvalue weighted by atomic mass is 10.2. The molecule has 8 heteroatoms. The van der Waals surface area contributed by atoms with Crippen LogP contribution < -0.4 is 0 Å². The summed E-state index contributed by atoms with van der Waals surface area (Å²) in [6.45, 7) is 10.6. The van der Waals surface area contributed by atoms with Gasteiger partial charge in [-0.3, -0.25) is 9.88 Å². The fraction of sp³-hybridized carbons (Fsp3) is 0.556. The number of rotatable bonds is 5. The Morgan fingerprint density at radius 3 is 2.46 bits per heavy atom.